The van der Waals surface area contributed by atoms with Crippen molar-refractivity contribution in [2.45, 2.75) is 6.92 Å². The average molecular weight is 261 g/mol. The van der Waals surface area contributed by atoms with Crippen LogP contribution in [0.2, 0.25) is 0 Å². The molecule has 1 N–H and O–H groups in total. The Hall–Kier alpha value is -3.23. The van der Waals surface area contributed by atoms with Crippen LogP contribution in [0, 0.1) is 40.9 Å². The van der Waals surface area contributed by atoms with E-state index >= 15 is 0 Å². The Morgan fingerprint density at radius 3 is 2.45 bits per heavy atom. The number of nitrogens with zero attached hydrogens (tertiary/aromatic N) is 4. The second kappa shape index (κ2) is 5.18. The normalized spacial score (nSPS) is 9.35. The first-order valence-corrected chi connectivity index (χ1v) is 5.88. The number of fused-ring (bicyclic) bond motifs is 1. The van der Waals surface area contributed by atoms with Crippen LogP contribution >= 0.6 is 0 Å². The molecule has 96 valence electrons. The van der Waals surface area contributed by atoms with E-state index in [9.17, 15) is 0 Å². The lowest BCUT2D eigenvalue weighted by atomic mass is 10.1. The Kier molecular flexibility index (Phi) is 3.42. The van der Waals surface area contributed by atoms with E-state index in [1.54, 1.807) is 12.1 Å². The van der Waals surface area contributed by atoms with Gasteiger partial charge in [0.05, 0.1) is 5.52 Å². The van der Waals surface area contributed by atoms with Gasteiger partial charge in [0.1, 0.15) is 23.9 Å². The van der Waals surface area contributed by atoms with Gasteiger partial charge in [-0.15, -0.1) is 0 Å². The summed E-state index contributed by atoms with van der Waals surface area (Å²) in [5, 5.41) is 30.6. The molecule has 0 aliphatic heterocycles. The van der Waals surface area contributed by atoms with Crippen LogP contribution in [0.25, 0.3) is 10.9 Å². The number of hydrogen-bond acceptors (Lipinski definition) is 4. The third kappa shape index (κ3) is 2.19. The second-order valence-electron chi connectivity index (χ2n) is 4.37. The summed E-state index contributed by atoms with van der Waals surface area (Å²) < 4.78 is 1.99. The molecule has 0 bridgehead atoms. The highest BCUT2D eigenvalue weighted by atomic mass is 14.9. The molecular formula is C15H11N5. The van der Waals surface area contributed by atoms with Crippen molar-refractivity contribution in [3.8, 4) is 18.2 Å². The summed E-state index contributed by atoms with van der Waals surface area (Å²) in [6.07, 6.45) is 2.02. The van der Waals surface area contributed by atoms with E-state index in [0.29, 0.717) is 5.69 Å². The zero-order valence-corrected chi connectivity index (χ0v) is 11.1. The summed E-state index contributed by atoms with van der Waals surface area (Å²) in [5.74, 6) is 0. The minimum absolute atomic E-state index is 0.0414. The quantitative estimate of drug-likeness (QED) is 0.842. The van der Waals surface area contributed by atoms with E-state index in [1.165, 1.54) is 5.56 Å². The maximum atomic E-state index is 9.01. The van der Waals surface area contributed by atoms with Crippen LogP contribution in [-0.4, -0.2) is 4.57 Å². The maximum Gasteiger partial charge on any atom is 0.163 e. The third-order valence-electron chi connectivity index (χ3n) is 3.04. The van der Waals surface area contributed by atoms with Crippen molar-refractivity contribution >= 4 is 16.6 Å². The standard InChI is InChI=1S/C15H11N5/c1-10-9-20(2)15-5-12(3-4-13(10)15)19-14(8-18)11(6-16)7-17/h3-5,9,19H,1-2H3. The molecule has 1 aromatic carbocycles. The Bertz CT molecular complexity index is 818. The summed E-state index contributed by atoms with van der Waals surface area (Å²) >= 11 is 0. The number of nitriles is 3. The monoisotopic (exact) mass is 261 g/mol. The summed E-state index contributed by atoms with van der Waals surface area (Å²) in [6.45, 7) is 2.03. The zero-order valence-electron chi connectivity index (χ0n) is 11.1. The molecule has 1 heterocycles. The van der Waals surface area contributed by atoms with Gasteiger partial charge < -0.3 is 9.88 Å². The van der Waals surface area contributed by atoms with Gasteiger partial charge in [0.2, 0.25) is 0 Å². The number of rotatable bonds is 2. The minimum Gasteiger partial charge on any atom is -0.350 e. The van der Waals surface area contributed by atoms with Crippen molar-refractivity contribution in [3.05, 3.63) is 41.2 Å². The Labute approximate surface area is 116 Å². The van der Waals surface area contributed by atoms with Crippen molar-refractivity contribution in [2.75, 3.05) is 5.32 Å². The molecule has 5 heteroatoms. The molecular weight excluding hydrogens is 250 g/mol. The predicted octanol–water partition coefficient (Wildman–Crippen LogP) is 2.72. The Morgan fingerprint density at radius 2 is 1.85 bits per heavy atom. The van der Waals surface area contributed by atoms with Crippen LogP contribution in [0.4, 0.5) is 5.69 Å². The minimum atomic E-state index is -0.226. The van der Waals surface area contributed by atoms with Gasteiger partial charge in [0, 0.05) is 24.3 Å². The van der Waals surface area contributed by atoms with Gasteiger partial charge >= 0.3 is 0 Å². The lowest BCUT2D eigenvalue weighted by Crippen LogP contribution is -2.00. The van der Waals surface area contributed by atoms with Crippen molar-refractivity contribution < 1.29 is 0 Å². The fraction of sp³-hybridized carbons (Fsp3) is 0.133. The van der Waals surface area contributed by atoms with Gasteiger partial charge in [0.15, 0.2) is 5.57 Å². The molecule has 0 radical (unpaired) electrons. The van der Waals surface area contributed by atoms with E-state index in [1.807, 2.05) is 49.0 Å². The number of nitrogens with one attached hydrogen (secondary N) is 1. The molecule has 2 rings (SSSR count). The van der Waals surface area contributed by atoms with E-state index in [2.05, 4.69) is 5.32 Å². The van der Waals surface area contributed by atoms with E-state index in [-0.39, 0.29) is 11.3 Å². The molecule has 0 spiro atoms. The molecule has 0 amide bonds. The number of anilines is 1. The molecule has 0 fully saturated rings. The number of aromatic nitrogens is 1. The molecule has 0 saturated carbocycles. The van der Waals surface area contributed by atoms with Gasteiger partial charge in [-0.2, -0.15) is 15.8 Å². The third-order valence-corrected chi connectivity index (χ3v) is 3.04. The van der Waals surface area contributed by atoms with Gasteiger partial charge in [-0.25, -0.2) is 0 Å². The predicted molar refractivity (Wildman–Crippen MR) is 75.1 cm³/mol. The lowest BCUT2D eigenvalue weighted by molar-refractivity contribution is 0.964. The smallest absolute Gasteiger partial charge is 0.163 e. The first-order chi connectivity index (χ1) is 9.60. The Morgan fingerprint density at radius 1 is 1.15 bits per heavy atom. The lowest BCUT2D eigenvalue weighted by Gasteiger charge is -2.05. The van der Waals surface area contributed by atoms with Crippen LogP contribution in [0.1, 0.15) is 5.56 Å². The zero-order chi connectivity index (χ0) is 14.7. The summed E-state index contributed by atoms with van der Waals surface area (Å²) in [7, 11) is 1.94. The fourth-order valence-corrected chi connectivity index (χ4v) is 2.09. The van der Waals surface area contributed by atoms with Crippen molar-refractivity contribution in [2.24, 2.45) is 7.05 Å². The van der Waals surface area contributed by atoms with Crippen LogP contribution in [0.3, 0.4) is 0 Å². The van der Waals surface area contributed by atoms with Crippen LogP contribution in [-0.2, 0) is 7.05 Å². The van der Waals surface area contributed by atoms with Gasteiger partial charge in [-0.1, -0.05) is 6.07 Å². The molecule has 0 aliphatic rings. The molecule has 0 unspecified atom stereocenters. The first kappa shape index (κ1) is 13.2. The molecule has 5 nitrogen and oxygen atoms in total. The molecule has 2 aromatic rings. The average Bonchev–Trinajstić information content (AvgIpc) is 2.74. The molecule has 20 heavy (non-hydrogen) atoms. The van der Waals surface area contributed by atoms with Gasteiger partial charge in [-0.3, -0.25) is 0 Å². The fourth-order valence-electron chi connectivity index (χ4n) is 2.09. The number of aryl methyl sites for hydroxylation is 2. The molecule has 0 saturated heterocycles. The van der Waals surface area contributed by atoms with Gasteiger partial charge in [0.25, 0.3) is 0 Å². The number of allylic oxidation sites excluding steroid dienone is 2. The molecule has 0 atom stereocenters. The first-order valence-electron chi connectivity index (χ1n) is 5.88. The highest BCUT2D eigenvalue weighted by molar-refractivity contribution is 5.87. The van der Waals surface area contributed by atoms with Crippen molar-refractivity contribution in [3.63, 3.8) is 0 Å². The highest BCUT2D eigenvalue weighted by Crippen LogP contribution is 2.24. The summed E-state index contributed by atoms with van der Waals surface area (Å²) in [6, 6.07) is 10.9. The topological polar surface area (TPSA) is 88.3 Å². The SMILES string of the molecule is Cc1cn(C)c2cc(NC(C#N)=C(C#N)C#N)ccc12. The Balaban J connectivity index is 2.49. The summed E-state index contributed by atoms with van der Waals surface area (Å²) in [5.41, 5.74) is 2.58. The maximum absolute atomic E-state index is 9.01. The van der Waals surface area contributed by atoms with E-state index in [0.717, 1.165) is 10.9 Å². The largest absolute Gasteiger partial charge is 0.350 e. The number of hydrogen-bond donors (Lipinski definition) is 1. The van der Waals surface area contributed by atoms with Gasteiger partial charge in [-0.05, 0) is 24.6 Å². The van der Waals surface area contributed by atoms with Crippen LogP contribution in [0.15, 0.2) is 35.7 Å². The van der Waals surface area contributed by atoms with Crippen LogP contribution in [0.5, 0.6) is 0 Å². The number of benzene rings is 1. The van der Waals surface area contributed by atoms with E-state index in [4.69, 9.17) is 15.8 Å². The van der Waals surface area contributed by atoms with Crippen molar-refractivity contribution in [1.82, 2.24) is 4.57 Å². The highest BCUT2D eigenvalue weighted by Gasteiger charge is 2.08. The van der Waals surface area contributed by atoms with Crippen LogP contribution < -0.4 is 5.32 Å². The van der Waals surface area contributed by atoms with E-state index < -0.39 is 0 Å². The summed E-state index contributed by atoms with van der Waals surface area (Å²) in [4.78, 5) is 0. The second-order valence-corrected chi connectivity index (χ2v) is 4.37. The molecule has 1 aromatic heterocycles. The molecule has 0 aliphatic carbocycles. The van der Waals surface area contributed by atoms with Crippen molar-refractivity contribution in [1.29, 1.82) is 15.8 Å².